The molecule has 24 heavy (non-hydrogen) atoms. The number of amides is 1. The molecule has 6 heteroatoms. The van der Waals surface area contributed by atoms with Crippen LogP contribution in [0.4, 0.5) is 11.5 Å². The zero-order valence-electron chi connectivity index (χ0n) is 12.8. The number of hydrogen-bond acceptors (Lipinski definition) is 4. The van der Waals surface area contributed by atoms with Gasteiger partial charge in [-0.1, -0.05) is 29.8 Å². The van der Waals surface area contributed by atoms with Crippen molar-refractivity contribution in [3.05, 3.63) is 75.6 Å². The highest BCUT2D eigenvalue weighted by Crippen LogP contribution is 2.14. The van der Waals surface area contributed by atoms with E-state index in [-0.39, 0.29) is 5.91 Å². The molecule has 0 spiro atoms. The van der Waals surface area contributed by atoms with Gasteiger partial charge in [0.1, 0.15) is 5.82 Å². The number of rotatable bonds is 6. The van der Waals surface area contributed by atoms with Crippen LogP contribution in [0.3, 0.4) is 0 Å². The number of carbonyl (C=O) groups is 1. The van der Waals surface area contributed by atoms with Crippen LogP contribution in [0, 0.1) is 0 Å². The monoisotopic (exact) mass is 357 g/mol. The molecule has 1 amide bonds. The lowest BCUT2D eigenvalue weighted by Gasteiger charge is -2.07. The van der Waals surface area contributed by atoms with Gasteiger partial charge in [0.05, 0.1) is 16.8 Å². The molecule has 3 aromatic rings. The summed E-state index contributed by atoms with van der Waals surface area (Å²) in [6, 6.07) is 15.1. The molecule has 0 aliphatic carbocycles. The summed E-state index contributed by atoms with van der Waals surface area (Å²) >= 11 is 7.28. The summed E-state index contributed by atoms with van der Waals surface area (Å²) in [5.41, 5.74) is 1.89. The van der Waals surface area contributed by atoms with Gasteiger partial charge in [-0.15, -0.1) is 11.3 Å². The number of carbonyl (C=O) groups excluding carboxylic acids is 1. The summed E-state index contributed by atoms with van der Waals surface area (Å²) in [6.45, 7) is 0.773. The molecule has 122 valence electrons. The number of nitrogens with one attached hydrogen (secondary N) is 2. The highest BCUT2D eigenvalue weighted by atomic mass is 35.5. The number of nitrogens with zero attached hydrogens (tertiary/aromatic N) is 1. The molecule has 0 saturated heterocycles. The van der Waals surface area contributed by atoms with Gasteiger partial charge in [0, 0.05) is 11.6 Å². The maximum Gasteiger partial charge on any atom is 0.265 e. The first-order chi connectivity index (χ1) is 11.7. The molecule has 0 saturated carbocycles. The van der Waals surface area contributed by atoms with Gasteiger partial charge in [-0.25, -0.2) is 4.98 Å². The molecular formula is C18H16ClN3OS. The normalized spacial score (nSPS) is 10.4. The number of halogens is 1. The third kappa shape index (κ3) is 4.57. The molecule has 4 nitrogen and oxygen atoms in total. The molecule has 2 heterocycles. The van der Waals surface area contributed by atoms with Gasteiger partial charge in [0.15, 0.2) is 0 Å². The van der Waals surface area contributed by atoms with Gasteiger partial charge < -0.3 is 10.6 Å². The van der Waals surface area contributed by atoms with Crippen LogP contribution in [0.25, 0.3) is 0 Å². The van der Waals surface area contributed by atoms with Crippen LogP contribution in [0.15, 0.2) is 60.1 Å². The van der Waals surface area contributed by atoms with E-state index in [0.717, 1.165) is 23.8 Å². The van der Waals surface area contributed by atoms with E-state index in [1.165, 1.54) is 16.9 Å². The highest BCUT2D eigenvalue weighted by Gasteiger charge is 2.06. The highest BCUT2D eigenvalue weighted by molar-refractivity contribution is 7.12. The SMILES string of the molecule is O=C(Nc1ccc(NCCc2ccc(Cl)cc2)nc1)c1cccs1. The molecule has 0 unspecified atom stereocenters. The number of aromatic nitrogens is 1. The van der Waals surface area contributed by atoms with Gasteiger partial charge >= 0.3 is 0 Å². The zero-order valence-corrected chi connectivity index (χ0v) is 14.4. The molecule has 0 bridgehead atoms. The van der Waals surface area contributed by atoms with E-state index < -0.39 is 0 Å². The lowest BCUT2D eigenvalue weighted by Crippen LogP contribution is -2.11. The average Bonchev–Trinajstić information content (AvgIpc) is 3.13. The summed E-state index contributed by atoms with van der Waals surface area (Å²) in [5, 5.41) is 8.71. The first-order valence-electron chi connectivity index (χ1n) is 7.50. The molecule has 0 aliphatic heterocycles. The summed E-state index contributed by atoms with van der Waals surface area (Å²) in [5.74, 6) is 0.660. The molecule has 2 aromatic heterocycles. The lowest BCUT2D eigenvalue weighted by molar-refractivity contribution is 0.103. The Morgan fingerprint density at radius 3 is 2.62 bits per heavy atom. The van der Waals surface area contributed by atoms with Crippen molar-refractivity contribution in [3.63, 3.8) is 0 Å². The van der Waals surface area contributed by atoms with Crippen molar-refractivity contribution in [2.45, 2.75) is 6.42 Å². The molecule has 2 N–H and O–H groups in total. The largest absolute Gasteiger partial charge is 0.370 e. The van der Waals surface area contributed by atoms with Crippen molar-refractivity contribution < 1.29 is 4.79 Å². The second kappa shape index (κ2) is 7.95. The Bertz CT molecular complexity index is 786. The van der Waals surface area contributed by atoms with Crippen molar-refractivity contribution >= 4 is 40.4 Å². The smallest absolute Gasteiger partial charge is 0.265 e. The second-order valence-corrected chi connectivity index (χ2v) is 6.55. The number of pyridine rings is 1. The summed E-state index contributed by atoms with van der Waals surface area (Å²) in [6.07, 6.45) is 2.53. The van der Waals surface area contributed by atoms with Crippen molar-refractivity contribution in [3.8, 4) is 0 Å². The predicted octanol–water partition coefficient (Wildman–Crippen LogP) is 4.70. The Morgan fingerprint density at radius 1 is 1.12 bits per heavy atom. The Balaban J connectivity index is 1.49. The fourth-order valence-corrected chi connectivity index (χ4v) is 2.90. The first kappa shape index (κ1) is 16.5. The fraction of sp³-hybridized carbons (Fsp3) is 0.111. The number of anilines is 2. The Morgan fingerprint density at radius 2 is 1.96 bits per heavy atom. The molecule has 0 aliphatic rings. The van der Waals surface area contributed by atoms with Gasteiger partial charge in [-0.3, -0.25) is 4.79 Å². The molecular weight excluding hydrogens is 342 g/mol. The first-order valence-corrected chi connectivity index (χ1v) is 8.76. The van der Waals surface area contributed by atoms with E-state index in [9.17, 15) is 4.79 Å². The minimum absolute atomic E-state index is 0.116. The fourth-order valence-electron chi connectivity index (χ4n) is 2.16. The van der Waals surface area contributed by atoms with E-state index in [1.54, 1.807) is 12.3 Å². The van der Waals surface area contributed by atoms with Gasteiger partial charge in [0.2, 0.25) is 0 Å². The van der Waals surface area contributed by atoms with Crippen LogP contribution in [0.2, 0.25) is 5.02 Å². The van der Waals surface area contributed by atoms with Crippen LogP contribution < -0.4 is 10.6 Å². The van der Waals surface area contributed by atoms with E-state index in [0.29, 0.717) is 10.6 Å². The third-order valence-corrected chi connectivity index (χ3v) is 4.52. The Kier molecular flexibility index (Phi) is 5.46. The summed E-state index contributed by atoms with van der Waals surface area (Å²) in [4.78, 5) is 17.0. The number of hydrogen-bond donors (Lipinski definition) is 2. The minimum Gasteiger partial charge on any atom is -0.370 e. The van der Waals surface area contributed by atoms with Gasteiger partial charge in [-0.05, 0) is 47.7 Å². The molecule has 3 rings (SSSR count). The van der Waals surface area contributed by atoms with Crippen molar-refractivity contribution in [1.29, 1.82) is 0 Å². The Labute approximate surface area is 149 Å². The minimum atomic E-state index is -0.116. The van der Waals surface area contributed by atoms with Crippen molar-refractivity contribution in [1.82, 2.24) is 4.98 Å². The number of benzene rings is 1. The lowest BCUT2D eigenvalue weighted by atomic mass is 10.1. The topological polar surface area (TPSA) is 54.0 Å². The third-order valence-electron chi connectivity index (χ3n) is 3.40. The van der Waals surface area contributed by atoms with Crippen molar-refractivity contribution in [2.24, 2.45) is 0 Å². The van der Waals surface area contributed by atoms with E-state index >= 15 is 0 Å². The molecule has 0 atom stereocenters. The van der Waals surface area contributed by atoms with Crippen LogP contribution in [0.1, 0.15) is 15.2 Å². The van der Waals surface area contributed by atoms with Crippen LogP contribution >= 0.6 is 22.9 Å². The van der Waals surface area contributed by atoms with Crippen LogP contribution in [-0.4, -0.2) is 17.4 Å². The molecule has 0 fully saturated rings. The zero-order chi connectivity index (χ0) is 16.8. The predicted molar refractivity (Wildman–Crippen MR) is 100 cm³/mol. The molecule has 1 aromatic carbocycles. The second-order valence-electron chi connectivity index (χ2n) is 5.17. The van der Waals surface area contributed by atoms with Crippen molar-refractivity contribution in [2.75, 3.05) is 17.2 Å². The van der Waals surface area contributed by atoms with E-state index in [2.05, 4.69) is 15.6 Å². The maximum atomic E-state index is 12.0. The Hall–Kier alpha value is -2.37. The van der Waals surface area contributed by atoms with Crippen LogP contribution in [-0.2, 0) is 6.42 Å². The quantitative estimate of drug-likeness (QED) is 0.672. The summed E-state index contributed by atoms with van der Waals surface area (Å²) in [7, 11) is 0. The number of thiophene rings is 1. The summed E-state index contributed by atoms with van der Waals surface area (Å²) < 4.78 is 0. The standard InChI is InChI=1S/C18H16ClN3OS/c19-14-5-3-13(4-6-14)9-10-20-17-8-7-15(12-21-17)22-18(23)16-2-1-11-24-16/h1-8,11-12H,9-10H2,(H,20,21)(H,22,23). The van der Waals surface area contributed by atoms with Gasteiger partial charge in [-0.2, -0.15) is 0 Å². The van der Waals surface area contributed by atoms with E-state index in [4.69, 9.17) is 11.6 Å². The average molecular weight is 358 g/mol. The van der Waals surface area contributed by atoms with Gasteiger partial charge in [0.25, 0.3) is 5.91 Å². The molecule has 0 radical (unpaired) electrons. The maximum absolute atomic E-state index is 12.0. The van der Waals surface area contributed by atoms with E-state index in [1.807, 2.05) is 47.8 Å². The van der Waals surface area contributed by atoms with Crippen LogP contribution in [0.5, 0.6) is 0 Å².